The van der Waals surface area contributed by atoms with Crippen LogP contribution >= 0.6 is 0 Å². The van der Waals surface area contributed by atoms with Gasteiger partial charge in [-0.1, -0.05) is 48.5 Å². The van der Waals surface area contributed by atoms with Crippen molar-refractivity contribution >= 4 is 23.6 Å². The molecule has 2 aliphatic heterocycles. The summed E-state index contributed by atoms with van der Waals surface area (Å²) in [6, 6.07) is 34.5. The van der Waals surface area contributed by atoms with E-state index in [4.69, 9.17) is 71.1 Å². The van der Waals surface area contributed by atoms with Gasteiger partial charge in [-0.25, -0.2) is 0 Å². The third kappa shape index (κ3) is 16.3. The molecule has 0 bridgehead atoms. The summed E-state index contributed by atoms with van der Waals surface area (Å²) in [5.41, 5.74) is 3.00. The average molecular weight is 1070 g/mol. The largest absolute Gasteiger partial charge is 0.497 e. The van der Waals surface area contributed by atoms with E-state index in [0.717, 1.165) is 43.0 Å². The Balaban J connectivity index is 1.28. The fourth-order valence-corrected chi connectivity index (χ4v) is 8.53. The summed E-state index contributed by atoms with van der Waals surface area (Å²) in [5.74, 6) is 0.241. The van der Waals surface area contributed by atoms with Crippen molar-refractivity contribution in [1.29, 1.82) is 0 Å². The summed E-state index contributed by atoms with van der Waals surface area (Å²) in [4.78, 5) is 49.3. The molecule has 0 spiro atoms. The topological polar surface area (TPSA) is 233 Å². The molecule has 0 amide bonds. The monoisotopic (exact) mass is 1070 g/mol. The predicted molar refractivity (Wildman–Crippen MR) is 271 cm³/mol. The lowest BCUT2D eigenvalue weighted by Crippen LogP contribution is -2.65. The summed E-state index contributed by atoms with van der Waals surface area (Å²) in [7, 11) is 6.31. The Hall–Kier alpha value is -7.37. The molecule has 0 unspecified atom stereocenters. The highest BCUT2D eigenvalue weighted by Gasteiger charge is 2.55. The second-order valence-electron chi connectivity index (χ2n) is 17.7. The molecular weight excluding hydrogens is 1010 g/mol. The van der Waals surface area contributed by atoms with Gasteiger partial charge in [0.05, 0.1) is 73.0 Å². The first-order valence-corrected chi connectivity index (χ1v) is 24.5. The van der Waals surface area contributed by atoms with E-state index < -0.39 is 90.8 Å². The van der Waals surface area contributed by atoms with Gasteiger partial charge >= 0.3 is 17.9 Å². The van der Waals surface area contributed by atoms with Gasteiger partial charge < -0.3 is 71.1 Å². The maximum atomic E-state index is 12.9. The van der Waals surface area contributed by atoms with Crippen molar-refractivity contribution in [1.82, 2.24) is 0 Å². The molecule has 2 saturated heterocycles. The minimum Gasteiger partial charge on any atom is -0.497 e. The highest BCUT2D eigenvalue weighted by atomic mass is 16.8. The van der Waals surface area contributed by atoms with Crippen molar-refractivity contribution in [2.45, 2.75) is 109 Å². The smallest absolute Gasteiger partial charge is 0.303 e. The number of nitro benzene ring substituents is 1. The maximum absolute atomic E-state index is 12.9. The number of hydrogen-bond acceptors (Lipinski definition) is 20. The number of ether oxygens (including phenoxy) is 15. The molecule has 77 heavy (non-hydrogen) atoms. The fraction of sp³-hybridized carbons (Fsp3) is 0.411. The zero-order chi connectivity index (χ0) is 54.8. The summed E-state index contributed by atoms with van der Waals surface area (Å²) >= 11 is 0. The van der Waals surface area contributed by atoms with Crippen LogP contribution in [0.4, 0.5) is 5.69 Å². The Labute approximate surface area is 445 Å². The molecule has 5 aromatic rings. The van der Waals surface area contributed by atoms with Crippen LogP contribution in [0.2, 0.25) is 0 Å². The predicted octanol–water partition coefficient (Wildman–Crippen LogP) is 7.24. The number of rotatable bonds is 26. The van der Waals surface area contributed by atoms with E-state index in [1.54, 1.807) is 40.6 Å². The van der Waals surface area contributed by atoms with Crippen LogP contribution in [0.15, 0.2) is 121 Å². The van der Waals surface area contributed by atoms with E-state index >= 15 is 0 Å². The van der Waals surface area contributed by atoms with Crippen LogP contribution in [-0.4, -0.2) is 126 Å². The highest BCUT2D eigenvalue weighted by molar-refractivity contribution is 5.68. The van der Waals surface area contributed by atoms with Gasteiger partial charge in [0.25, 0.3) is 5.69 Å². The van der Waals surface area contributed by atoms with E-state index in [9.17, 15) is 24.5 Å². The molecule has 0 N–H and O–H groups in total. The van der Waals surface area contributed by atoms with E-state index in [1.807, 2.05) is 84.9 Å². The minimum absolute atomic E-state index is 0.0177. The minimum atomic E-state index is -1.57. The van der Waals surface area contributed by atoms with Crippen LogP contribution in [0.5, 0.6) is 28.7 Å². The molecule has 412 valence electrons. The van der Waals surface area contributed by atoms with Crippen LogP contribution in [-0.2, 0) is 88.2 Å². The molecule has 0 aliphatic carbocycles. The number of carbonyl (C=O) groups is 3. The van der Waals surface area contributed by atoms with Crippen LogP contribution in [0.25, 0.3) is 0 Å². The Morgan fingerprint density at radius 2 is 0.805 bits per heavy atom. The summed E-state index contributed by atoms with van der Waals surface area (Å²) in [5, 5.41) is 11.5. The first-order chi connectivity index (χ1) is 37.2. The van der Waals surface area contributed by atoms with Gasteiger partial charge in [-0.15, -0.1) is 0 Å². The first-order valence-electron chi connectivity index (χ1n) is 24.5. The zero-order valence-electron chi connectivity index (χ0n) is 43.7. The number of non-ortho nitro benzene ring substituents is 1. The van der Waals surface area contributed by atoms with Crippen molar-refractivity contribution in [2.24, 2.45) is 0 Å². The average Bonchev–Trinajstić information content (AvgIpc) is 3.46. The van der Waals surface area contributed by atoms with E-state index in [1.165, 1.54) is 24.3 Å². The fourth-order valence-electron chi connectivity index (χ4n) is 8.53. The van der Waals surface area contributed by atoms with Crippen molar-refractivity contribution in [3.63, 3.8) is 0 Å². The number of methoxy groups -OCH3 is 4. The third-order valence-corrected chi connectivity index (χ3v) is 12.3. The normalized spacial score (nSPS) is 22.9. The molecule has 7 rings (SSSR count). The first kappa shape index (κ1) is 57.3. The van der Waals surface area contributed by atoms with Crippen molar-refractivity contribution < 1.29 is 90.4 Å². The van der Waals surface area contributed by atoms with Gasteiger partial charge in [-0.05, 0) is 82.9 Å². The van der Waals surface area contributed by atoms with E-state index in [-0.39, 0.29) is 44.5 Å². The van der Waals surface area contributed by atoms with Gasteiger partial charge in [0.2, 0.25) is 12.4 Å². The molecule has 0 radical (unpaired) electrons. The number of esters is 3. The molecular formula is C56H63NO20. The maximum Gasteiger partial charge on any atom is 0.303 e. The van der Waals surface area contributed by atoms with Crippen molar-refractivity contribution in [3.05, 3.63) is 154 Å². The van der Waals surface area contributed by atoms with Crippen LogP contribution in [0.1, 0.15) is 43.0 Å². The van der Waals surface area contributed by atoms with Gasteiger partial charge in [0.1, 0.15) is 59.3 Å². The molecule has 5 aromatic carbocycles. The Morgan fingerprint density at radius 1 is 0.429 bits per heavy atom. The Bertz CT molecular complexity index is 2650. The van der Waals surface area contributed by atoms with E-state index in [2.05, 4.69) is 0 Å². The summed E-state index contributed by atoms with van der Waals surface area (Å²) in [6.45, 7) is 3.22. The standard InChI is InChI=1S/C56H63NO20/c1-34(58)72-50-48(77-56(54(74-36(3)60)52(50)73-35(2)59)75-46-26-16-41(17-27-46)57(61)62)33-71-55-53(70-31-40-14-24-45(66-7)25-15-40)51(69-30-39-12-22-44(65-6)23-13-39)49(68-29-38-10-20-43(64-5)21-11-38)47(76-55)32-67-28-37-8-18-42(63-4)19-9-37/h8-27,47-56H,28-33H2,1-7H3/t47-,48+,49-,50+,51+,52-,53-,54+,55+,56-/m1/s1. The second-order valence-corrected chi connectivity index (χ2v) is 17.7. The third-order valence-electron chi connectivity index (χ3n) is 12.3. The molecule has 2 heterocycles. The number of nitrogens with zero attached hydrogens (tertiary/aromatic N) is 1. The second kappa shape index (κ2) is 28.1. The SMILES string of the molecule is COc1ccc(COC[C@H]2O[C@H](OC[C@@H]3O[C@@H](Oc4ccc([N+](=O)[O-])cc4)[C@@H](OC(C)=O)[C@H](OC(C)=O)[C@H]3OC(C)=O)[C@H](OCc3ccc(OC)cc3)[C@@H](OCc3ccc(OC)cc3)[C@@H]2OCc2ccc(OC)cc2)cc1. The van der Waals surface area contributed by atoms with Gasteiger partial charge in [-0.3, -0.25) is 24.5 Å². The number of carbonyl (C=O) groups excluding carboxylic acids is 3. The molecule has 0 saturated carbocycles. The molecule has 0 aromatic heterocycles. The number of benzene rings is 5. The zero-order valence-corrected chi connectivity index (χ0v) is 43.7. The quantitative estimate of drug-likeness (QED) is 0.0230. The van der Waals surface area contributed by atoms with Crippen LogP contribution in [0.3, 0.4) is 0 Å². The van der Waals surface area contributed by atoms with Crippen molar-refractivity contribution in [2.75, 3.05) is 41.7 Å². The van der Waals surface area contributed by atoms with Gasteiger partial charge in [-0.2, -0.15) is 0 Å². The highest BCUT2D eigenvalue weighted by Crippen LogP contribution is 2.36. The Morgan fingerprint density at radius 3 is 1.25 bits per heavy atom. The Kier molecular flexibility index (Phi) is 20.9. The lowest BCUT2D eigenvalue weighted by atomic mass is 9.97. The van der Waals surface area contributed by atoms with E-state index in [0.29, 0.717) is 23.0 Å². The lowest BCUT2D eigenvalue weighted by molar-refractivity contribution is -0.384. The number of hydrogen-bond donors (Lipinski definition) is 0. The van der Waals surface area contributed by atoms with Crippen LogP contribution in [0, 0.1) is 10.1 Å². The van der Waals surface area contributed by atoms with Crippen LogP contribution < -0.4 is 23.7 Å². The van der Waals surface area contributed by atoms with Gasteiger partial charge in [0, 0.05) is 32.9 Å². The lowest BCUT2D eigenvalue weighted by Gasteiger charge is -2.47. The molecule has 2 aliphatic rings. The summed E-state index contributed by atoms with van der Waals surface area (Å²) in [6.07, 6.45) is -12.7. The summed E-state index contributed by atoms with van der Waals surface area (Å²) < 4.78 is 92.1. The van der Waals surface area contributed by atoms with Gasteiger partial charge in [0.15, 0.2) is 18.5 Å². The molecule has 21 nitrogen and oxygen atoms in total. The van der Waals surface area contributed by atoms with Crippen molar-refractivity contribution in [3.8, 4) is 28.7 Å². The number of nitro groups is 1. The molecule has 21 heteroatoms. The molecule has 2 fully saturated rings. The molecule has 10 atom stereocenters.